The van der Waals surface area contributed by atoms with Gasteiger partial charge in [0.1, 0.15) is 69.8 Å². The summed E-state index contributed by atoms with van der Waals surface area (Å²) in [6, 6.07) is 17.3. The highest BCUT2D eigenvalue weighted by molar-refractivity contribution is 6.15. The molecule has 0 aliphatic heterocycles. The Morgan fingerprint density at radius 3 is 1.33 bits per heavy atom. The quantitative estimate of drug-likeness (QED) is 0.154. The molecule has 0 unspecified atom stereocenters. The summed E-state index contributed by atoms with van der Waals surface area (Å²) in [6.45, 7) is 5.61. The Morgan fingerprint density at radius 1 is 0.545 bits per heavy atom. The van der Waals surface area contributed by atoms with E-state index in [2.05, 4.69) is 6.58 Å². The number of benzene rings is 4. The standard InChI is InChI=1S/C41H16F10N4/c1-18-28(26-5-3-20(7-30(26)36(18)24(14-52)15-53)22-9-32(42)38(33(43)10-22)40(46,47)48)13-29-19(2)37(25(16-54)17-55)31-8-21(4-6-27(29)31)23-11-34(44)39(35(45)12-23)41(49,50)51/h3-13H,1H2,2H3/b28-13+. The van der Waals surface area contributed by atoms with Gasteiger partial charge in [-0.05, 0) is 116 Å². The molecule has 14 heteroatoms. The summed E-state index contributed by atoms with van der Waals surface area (Å²) in [7, 11) is 0. The predicted molar refractivity (Wildman–Crippen MR) is 180 cm³/mol. The molecule has 0 spiro atoms. The summed E-state index contributed by atoms with van der Waals surface area (Å²) in [5, 5.41) is 39.3. The van der Waals surface area contributed by atoms with Crippen molar-refractivity contribution in [1.29, 1.82) is 21.0 Å². The monoisotopic (exact) mass is 754 g/mol. The van der Waals surface area contributed by atoms with Crippen LogP contribution in [0.3, 0.4) is 0 Å². The second kappa shape index (κ2) is 13.4. The molecule has 55 heavy (non-hydrogen) atoms. The Bertz CT molecular complexity index is 2650. The van der Waals surface area contributed by atoms with Crippen LogP contribution in [0.15, 0.2) is 95.6 Å². The lowest BCUT2D eigenvalue weighted by Gasteiger charge is -2.13. The highest BCUT2D eigenvalue weighted by Gasteiger charge is 2.39. The topological polar surface area (TPSA) is 95.2 Å². The average molecular weight is 755 g/mol. The van der Waals surface area contributed by atoms with Gasteiger partial charge in [-0.25, -0.2) is 17.6 Å². The maximum absolute atomic E-state index is 14.5. The van der Waals surface area contributed by atoms with E-state index in [9.17, 15) is 65.0 Å². The molecule has 4 aromatic rings. The molecule has 0 saturated carbocycles. The van der Waals surface area contributed by atoms with Gasteiger partial charge in [0.15, 0.2) is 0 Å². The van der Waals surface area contributed by atoms with Crippen molar-refractivity contribution in [1.82, 2.24) is 0 Å². The van der Waals surface area contributed by atoms with Crippen LogP contribution in [-0.2, 0) is 12.4 Å². The van der Waals surface area contributed by atoms with Crippen LogP contribution < -0.4 is 0 Å². The predicted octanol–water partition coefficient (Wildman–Crippen LogP) is 11.7. The van der Waals surface area contributed by atoms with Crippen LogP contribution in [0.2, 0.25) is 0 Å². The van der Waals surface area contributed by atoms with Crippen molar-refractivity contribution in [3.63, 3.8) is 0 Å². The van der Waals surface area contributed by atoms with E-state index in [0.29, 0.717) is 46.5 Å². The summed E-state index contributed by atoms with van der Waals surface area (Å²) in [6.07, 6.45) is -9.06. The van der Waals surface area contributed by atoms with Gasteiger partial charge in [-0.15, -0.1) is 0 Å². The van der Waals surface area contributed by atoms with Crippen LogP contribution in [0.1, 0.15) is 40.3 Å². The van der Waals surface area contributed by atoms with Crippen molar-refractivity contribution in [3.05, 3.63) is 152 Å². The third-order valence-corrected chi connectivity index (χ3v) is 9.12. The molecule has 6 rings (SSSR count). The highest BCUT2D eigenvalue weighted by atomic mass is 19.4. The Kier molecular flexibility index (Phi) is 9.13. The first-order chi connectivity index (χ1) is 25.9. The van der Waals surface area contributed by atoms with Crippen LogP contribution >= 0.6 is 0 Å². The molecule has 0 amide bonds. The van der Waals surface area contributed by atoms with Crippen molar-refractivity contribution in [2.45, 2.75) is 19.3 Å². The van der Waals surface area contributed by atoms with E-state index >= 15 is 0 Å². The maximum atomic E-state index is 14.5. The number of nitriles is 4. The first-order valence-corrected chi connectivity index (χ1v) is 15.5. The fourth-order valence-corrected chi connectivity index (χ4v) is 6.73. The molecule has 2 aliphatic carbocycles. The number of fused-ring (bicyclic) bond motifs is 2. The molecule has 4 nitrogen and oxygen atoms in total. The zero-order chi connectivity index (χ0) is 40.3. The van der Waals surface area contributed by atoms with Gasteiger partial charge < -0.3 is 0 Å². The van der Waals surface area contributed by atoms with Gasteiger partial charge in [0.2, 0.25) is 0 Å². The molecule has 0 aromatic heterocycles. The minimum absolute atomic E-state index is 0.00429. The van der Waals surface area contributed by atoms with Crippen molar-refractivity contribution >= 4 is 22.3 Å². The minimum Gasteiger partial charge on any atom is -0.206 e. The van der Waals surface area contributed by atoms with Gasteiger partial charge >= 0.3 is 12.4 Å². The summed E-state index contributed by atoms with van der Waals surface area (Å²) in [4.78, 5) is 0. The average Bonchev–Trinajstić information content (AvgIpc) is 3.53. The highest BCUT2D eigenvalue weighted by Crippen LogP contribution is 2.51. The summed E-state index contributed by atoms with van der Waals surface area (Å²) in [5.41, 5.74) is -3.21. The number of rotatable bonds is 3. The molecule has 0 bridgehead atoms. The molecular formula is C41H16F10N4. The second-order valence-electron chi connectivity index (χ2n) is 12.2. The number of halogens is 10. The third-order valence-electron chi connectivity index (χ3n) is 9.12. The minimum atomic E-state index is -5.31. The lowest BCUT2D eigenvalue weighted by Crippen LogP contribution is -2.11. The molecule has 0 heterocycles. The summed E-state index contributed by atoms with van der Waals surface area (Å²) < 4.78 is 138. The maximum Gasteiger partial charge on any atom is 0.422 e. The smallest absolute Gasteiger partial charge is 0.206 e. The zero-order valence-corrected chi connectivity index (χ0v) is 27.6. The van der Waals surface area contributed by atoms with Crippen LogP contribution in [-0.4, -0.2) is 0 Å². The molecule has 0 fully saturated rings. The Morgan fingerprint density at radius 2 is 0.927 bits per heavy atom. The lowest BCUT2D eigenvalue weighted by molar-refractivity contribution is -0.143. The number of allylic oxidation sites excluding steroid dienone is 9. The van der Waals surface area contributed by atoms with E-state index in [4.69, 9.17) is 0 Å². The first kappa shape index (κ1) is 37.6. The molecule has 270 valence electrons. The fraction of sp³-hybridized carbons (Fsp3) is 0.0732. The van der Waals surface area contributed by atoms with Gasteiger partial charge in [0.25, 0.3) is 0 Å². The van der Waals surface area contributed by atoms with Gasteiger partial charge in [0.05, 0.1) is 0 Å². The molecule has 0 radical (unpaired) electrons. The van der Waals surface area contributed by atoms with Crippen molar-refractivity contribution in [2.75, 3.05) is 0 Å². The molecule has 0 saturated heterocycles. The third kappa shape index (κ3) is 6.24. The molecule has 2 aliphatic rings. The molecule has 4 aromatic carbocycles. The molecular weight excluding hydrogens is 738 g/mol. The number of hydrogen-bond acceptors (Lipinski definition) is 4. The number of nitrogens with zero attached hydrogens (tertiary/aromatic N) is 4. The van der Waals surface area contributed by atoms with Crippen molar-refractivity contribution < 1.29 is 43.9 Å². The van der Waals surface area contributed by atoms with E-state index in [-0.39, 0.29) is 61.2 Å². The summed E-state index contributed by atoms with van der Waals surface area (Å²) >= 11 is 0. The largest absolute Gasteiger partial charge is 0.422 e. The Hall–Kier alpha value is -7.16. The van der Waals surface area contributed by atoms with E-state index < -0.39 is 52.3 Å². The molecule has 0 atom stereocenters. The second-order valence-corrected chi connectivity index (χ2v) is 12.2. The van der Waals surface area contributed by atoms with Crippen molar-refractivity contribution in [2.24, 2.45) is 0 Å². The fourth-order valence-electron chi connectivity index (χ4n) is 6.73. The zero-order valence-electron chi connectivity index (χ0n) is 27.6. The van der Waals surface area contributed by atoms with Gasteiger partial charge in [0, 0.05) is 11.1 Å². The van der Waals surface area contributed by atoms with Gasteiger partial charge in [-0.2, -0.15) is 47.4 Å². The van der Waals surface area contributed by atoms with Crippen LogP contribution in [0.5, 0.6) is 0 Å². The lowest BCUT2D eigenvalue weighted by atomic mass is 9.93. The van der Waals surface area contributed by atoms with E-state index in [1.165, 1.54) is 36.4 Å². The van der Waals surface area contributed by atoms with E-state index in [1.54, 1.807) is 37.3 Å². The van der Waals surface area contributed by atoms with Crippen LogP contribution in [0, 0.1) is 68.6 Å². The number of alkyl halides is 6. The normalized spacial score (nSPS) is 14.3. The SMILES string of the molecule is C=C1C(=C(C#N)C#N)c2cc(-c3cc(F)c(C(F)(F)F)c(F)c3)ccc2/C1=C/C1=C(C)C(=C(C#N)C#N)c2cc(-c3cc(F)c(C(F)(F)F)c(F)c3)ccc21. The summed E-state index contributed by atoms with van der Waals surface area (Å²) in [5.74, 6) is -7.45. The van der Waals surface area contributed by atoms with Gasteiger partial charge in [-0.3, -0.25) is 0 Å². The Labute approximate surface area is 305 Å². The Balaban J connectivity index is 1.55. The van der Waals surface area contributed by atoms with Gasteiger partial charge in [-0.1, -0.05) is 30.8 Å². The molecule has 0 N–H and O–H groups in total. The van der Waals surface area contributed by atoms with Crippen LogP contribution in [0.25, 0.3) is 44.5 Å². The van der Waals surface area contributed by atoms with E-state index in [0.717, 1.165) is 0 Å². The number of hydrogen-bond donors (Lipinski definition) is 0. The first-order valence-electron chi connectivity index (χ1n) is 15.5. The van der Waals surface area contributed by atoms with E-state index in [1.807, 2.05) is 0 Å². The van der Waals surface area contributed by atoms with Crippen LogP contribution in [0.4, 0.5) is 43.9 Å². The van der Waals surface area contributed by atoms with Crippen molar-refractivity contribution in [3.8, 4) is 46.5 Å².